The van der Waals surface area contributed by atoms with E-state index in [0.29, 0.717) is 23.5 Å². The normalized spacial score (nSPS) is 15.8. The van der Waals surface area contributed by atoms with Crippen molar-refractivity contribution < 1.29 is 9.90 Å². The number of carbonyl (C=O) groups excluding carboxylic acids is 1. The van der Waals surface area contributed by atoms with Gasteiger partial charge in [-0.3, -0.25) is 14.1 Å². The van der Waals surface area contributed by atoms with Crippen LogP contribution in [0.2, 0.25) is 0 Å². The Bertz CT molecular complexity index is 1420. The first-order valence-electron chi connectivity index (χ1n) is 11.3. The maximum Gasteiger partial charge on any atom is 0.255 e. The highest BCUT2D eigenvalue weighted by molar-refractivity contribution is 6.04. The Balaban J connectivity index is 1.27. The minimum absolute atomic E-state index is 0.182. The number of imidazole rings is 1. The molecule has 0 spiro atoms. The van der Waals surface area contributed by atoms with Gasteiger partial charge >= 0.3 is 0 Å². The molecule has 3 aromatic heterocycles. The Hall–Kier alpha value is -3.99. The van der Waals surface area contributed by atoms with Gasteiger partial charge in [0.25, 0.3) is 5.91 Å². The van der Waals surface area contributed by atoms with Gasteiger partial charge in [0.2, 0.25) is 0 Å². The van der Waals surface area contributed by atoms with Gasteiger partial charge in [-0.25, -0.2) is 9.97 Å². The SMILES string of the molecule is Cc1cc(C(=O)Nc2ccnc(C#Cc3cnc4ccccn34)c2)ccc1CN1CC[C@@H](O)C1. The van der Waals surface area contributed by atoms with Gasteiger partial charge in [0, 0.05) is 43.3 Å². The number of aliphatic hydroxyl groups excluding tert-OH is 1. The van der Waals surface area contributed by atoms with E-state index < -0.39 is 0 Å². The van der Waals surface area contributed by atoms with E-state index in [4.69, 9.17) is 0 Å². The third-order valence-corrected chi connectivity index (χ3v) is 6.00. The van der Waals surface area contributed by atoms with Crippen LogP contribution in [0.25, 0.3) is 5.65 Å². The van der Waals surface area contributed by atoms with Crippen molar-refractivity contribution in [3.8, 4) is 11.8 Å². The molecule has 0 bridgehead atoms. The lowest BCUT2D eigenvalue weighted by Crippen LogP contribution is -2.22. The van der Waals surface area contributed by atoms with Crippen LogP contribution in [0.3, 0.4) is 0 Å². The van der Waals surface area contributed by atoms with Crippen LogP contribution in [0.1, 0.15) is 39.3 Å². The number of rotatable bonds is 4. The molecule has 7 nitrogen and oxygen atoms in total. The summed E-state index contributed by atoms with van der Waals surface area (Å²) in [5.41, 5.74) is 5.62. The van der Waals surface area contributed by atoms with E-state index >= 15 is 0 Å². The summed E-state index contributed by atoms with van der Waals surface area (Å²) in [7, 11) is 0. The van der Waals surface area contributed by atoms with Crippen LogP contribution >= 0.6 is 0 Å². The van der Waals surface area contributed by atoms with E-state index in [0.717, 1.165) is 36.4 Å². The molecule has 5 rings (SSSR count). The average molecular weight is 452 g/mol. The lowest BCUT2D eigenvalue weighted by Gasteiger charge is -2.17. The Morgan fingerprint density at radius 3 is 2.91 bits per heavy atom. The fourth-order valence-corrected chi connectivity index (χ4v) is 4.14. The number of aliphatic hydroxyl groups is 1. The number of β-amino-alcohol motifs (C(OH)–C–C–N with tert-alkyl or cyclic N) is 1. The summed E-state index contributed by atoms with van der Waals surface area (Å²) >= 11 is 0. The van der Waals surface area contributed by atoms with Gasteiger partial charge in [-0.05, 0) is 72.7 Å². The molecule has 34 heavy (non-hydrogen) atoms. The third-order valence-electron chi connectivity index (χ3n) is 6.00. The van der Waals surface area contributed by atoms with Crippen LogP contribution in [0.4, 0.5) is 5.69 Å². The summed E-state index contributed by atoms with van der Waals surface area (Å²) in [6.07, 6.45) is 5.85. The fourth-order valence-electron chi connectivity index (χ4n) is 4.14. The number of hydrogen-bond donors (Lipinski definition) is 2. The van der Waals surface area contributed by atoms with Crippen molar-refractivity contribution in [3.05, 3.63) is 95.2 Å². The topological polar surface area (TPSA) is 82.8 Å². The first-order valence-corrected chi connectivity index (χ1v) is 11.3. The first kappa shape index (κ1) is 21.8. The van der Waals surface area contributed by atoms with E-state index in [1.54, 1.807) is 24.5 Å². The van der Waals surface area contributed by atoms with Gasteiger partial charge in [-0.1, -0.05) is 12.1 Å². The number of fused-ring (bicyclic) bond motifs is 1. The number of nitrogens with zero attached hydrogens (tertiary/aromatic N) is 4. The Morgan fingerprint density at radius 2 is 2.09 bits per heavy atom. The van der Waals surface area contributed by atoms with Crippen molar-refractivity contribution in [2.45, 2.75) is 26.0 Å². The lowest BCUT2D eigenvalue weighted by atomic mass is 10.0. The molecular weight excluding hydrogens is 426 g/mol. The van der Waals surface area contributed by atoms with Gasteiger partial charge in [0.15, 0.2) is 0 Å². The van der Waals surface area contributed by atoms with Gasteiger partial charge in [-0.15, -0.1) is 0 Å². The number of benzene rings is 1. The maximum absolute atomic E-state index is 12.8. The molecule has 0 unspecified atom stereocenters. The Kier molecular flexibility index (Phi) is 6.09. The molecule has 1 atom stereocenters. The summed E-state index contributed by atoms with van der Waals surface area (Å²) in [5.74, 6) is 5.97. The zero-order chi connectivity index (χ0) is 23.5. The van der Waals surface area contributed by atoms with E-state index in [2.05, 4.69) is 32.0 Å². The highest BCUT2D eigenvalue weighted by Crippen LogP contribution is 2.18. The zero-order valence-electron chi connectivity index (χ0n) is 18.9. The second-order valence-electron chi connectivity index (χ2n) is 8.53. The minimum Gasteiger partial charge on any atom is -0.392 e. The molecule has 7 heteroatoms. The molecule has 4 heterocycles. The summed E-state index contributed by atoms with van der Waals surface area (Å²) in [5, 5.41) is 12.7. The molecule has 1 fully saturated rings. The maximum atomic E-state index is 12.8. The first-order chi connectivity index (χ1) is 16.5. The van der Waals surface area contributed by atoms with Crippen molar-refractivity contribution in [1.29, 1.82) is 0 Å². The van der Waals surface area contributed by atoms with Gasteiger partial charge < -0.3 is 10.4 Å². The summed E-state index contributed by atoms with van der Waals surface area (Å²) < 4.78 is 1.91. The molecule has 170 valence electrons. The number of amides is 1. The van der Waals surface area contributed by atoms with Crippen LogP contribution < -0.4 is 5.32 Å². The highest BCUT2D eigenvalue weighted by Gasteiger charge is 2.20. The second-order valence-corrected chi connectivity index (χ2v) is 8.53. The predicted octanol–water partition coefficient (Wildman–Crippen LogP) is 3.26. The minimum atomic E-state index is -0.236. The number of aromatic nitrogens is 3. The smallest absolute Gasteiger partial charge is 0.255 e. The molecule has 1 aromatic carbocycles. The monoisotopic (exact) mass is 451 g/mol. The van der Waals surface area contributed by atoms with Crippen molar-refractivity contribution >= 4 is 17.2 Å². The van der Waals surface area contributed by atoms with Crippen LogP contribution in [-0.4, -0.2) is 49.5 Å². The highest BCUT2D eigenvalue weighted by atomic mass is 16.3. The largest absolute Gasteiger partial charge is 0.392 e. The predicted molar refractivity (Wildman–Crippen MR) is 130 cm³/mol. The molecule has 1 amide bonds. The quantitative estimate of drug-likeness (QED) is 0.466. The third kappa shape index (κ3) is 4.84. The molecule has 1 aliphatic rings. The lowest BCUT2D eigenvalue weighted by molar-refractivity contribution is 0.102. The summed E-state index contributed by atoms with van der Waals surface area (Å²) in [6, 6.07) is 15.0. The number of anilines is 1. The van der Waals surface area contributed by atoms with Crippen molar-refractivity contribution in [2.24, 2.45) is 0 Å². The average Bonchev–Trinajstić information content (AvgIpc) is 3.45. The van der Waals surface area contributed by atoms with E-state index in [-0.39, 0.29) is 12.0 Å². The van der Waals surface area contributed by atoms with Crippen molar-refractivity contribution in [3.63, 3.8) is 0 Å². The molecule has 1 aliphatic heterocycles. The summed E-state index contributed by atoms with van der Waals surface area (Å²) in [6.45, 7) is 4.39. The zero-order valence-corrected chi connectivity index (χ0v) is 18.9. The van der Waals surface area contributed by atoms with E-state index in [1.807, 2.05) is 53.9 Å². The van der Waals surface area contributed by atoms with Crippen LogP contribution in [0.15, 0.2) is 67.1 Å². The standard InChI is InChI=1S/C27H25N5O2/c1-19-14-20(5-6-21(19)17-31-13-10-25(33)18-31)27(34)30-23-9-11-28-22(15-23)7-8-24-16-29-26-4-2-3-12-32(24)26/h2-6,9,11-12,14-16,25,33H,10,13,17-18H2,1H3,(H,28,30,34)/t25-/m1/s1. The molecule has 0 aliphatic carbocycles. The van der Waals surface area contributed by atoms with Crippen LogP contribution in [-0.2, 0) is 6.54 Å². The number of hydrogen-bond acceptors (Lipinski definition) is 5. The van der Waals surface area contributed by atoms with Gasteiger partial charge in [-0.2, -0.15) is 0 Å². The fraction of sp³-hybridized carbons (Fsp3) is 0.222. The summed E-state index contributed by atoms with van der Waals surface area (Å²) in [4.78, 5) is 23.7. The van der Waals surface area contributed by atoms with E-state index in [9.17, 15) is 9.90 Å². The van der Waals surface area contributed by atoms with Gasteiger partial charge in [0.1, 0.15) is 17.0 Å². The Labute approximate surface area is 198 Å². The van der Waals surface area contributed by atoms with Crippen LogP contribution in [0, 0.1) is 18.8 Å². The molecule has 0 saturated carbocycles. The number of likely N-dealkylation sites (tertiary alicyclic amines) is 1. The molecule has 1 saturated heterocycles. The molecule has 0 radical (unpaired) electrons. The van der Waals surface area contributed by atoms with Crippen molar-refractivity contribution in [2.75, 3.05) is 18.4 Å². The van der Waals surface area contributed by atoms with E-state index in [1.165, 1.54) is 5.56 Å². The Morgan fingerprint density at radius 1 is 1.18 bits per heavy atom. The second kappa shape index (κ2) is 9.48. The van der Waals surface area contributed by atoms with Crippen LogP contribution in [0.5, 0.6) is 0 Å². The molecule has 2 N–H and O–H groups in total. The number of carbonyl (C=O) groups is 1. The number of aryl methyl sites for hydroxylation is 1. The van der Waals surface area contributed by atoms with Gasteiger partial charge in [0.05, 0.1) is 12.3 Å². The van der Waals surface area contributed by atoms with Crippen molar-refractivity contribution in [1.82, 2.24) is 19.3 Å². The number of nitrogens with one attached hydrogen (secondary N) is 1. The number of pyridine rings is 2. The molecule has 4 aromatic rings. The molecular formula is C27H25N5O2.